The van der Waals surface area contributed by atoms with Crippen LogP contribution in [-0.4, -0.2) is 5.78 Å². The largest absolute Gasteiger partial charge is 0.299 e. The van der Waals surface area contributed by atoms with Gasteiger partial charge in [-0.2, -0.15) is 0 Å². The minimum atomic E-state index is 0.418. The molecule has 0 heterocycles. The van der Waals surface area contributed by atoms with Gasteiger partial charge in [0.25, 0.3) is 0 Å². The molecule has 1 heteroatoms. The van der Waals surface area contributed by atoms with Gasteiger partial charge in [-0.25, -0.2) is 0 Å². The van der Waals surface area contributed by atoms with E-state index in [0.29, 0.717) is 11.7 Å². The molecule has 0 aliphatic heterocycles. The minimum absolute atomic E-state index is 0.418. The molecule has 0 N–H and O–H groups in total. The maximum Gasteiger partial charge on any atom is 0.135 e. The van der Waals surface area contributed by atoms with Gasteiger partial charge < -0.3 is 0 Å². The fraction of sp³-hybridized carbons (Fsp3) is 0.941. The second kappa shape index (κ2) is 9.58. The Morgan fingerprint density at radius 1 is 0.944 bits per heavy atom. The molecule has 0 aromatic rings. The van der Waals surface area contributed by atoms with Crippen LogP contribution in [0, 0.1) is 11.8 Å². The average molecular weight is 252 g/mol. The summed E-state index contributed by atoms with van der Waals surface area (Å²) in [5.74, 6) is 1.83. The third kappa shape index (κ3) is 6.02. The topological polar surface area (TPSA) is 17.1 Å². The number of carbonyl (C=O) groups is 1. The highest BCUT2D eigenvalue weighted by atomic mass is 16.1. The summed E-state index contributed by atoms with van der Waals surface area (Å²) in [6.45, 7) is 4.52. The average Bonchev–Trinajstić information content (AvgIpc) is 2.37. The maximum absolute atomic E-state index is 11.9. The van der Waals surface area contributed by atoms with Gasteiger partial charge in [0.05, 0.1) is 0 Å². The number of carbonyl (C=O) groups excluding carboxylic acids is 1. The molecule has 1 fully saturated rings. The Morgan fingerprint density at radius 3 is 2.39 bits per heavy atom. The molecular weight excluding hydrogens is 220 g/mol. The lowest BCUT2D eigenvalue weighted by Gasteiger charge is -2.27. The standard InChI is InChI=1S/C17H32O/c1-3-5-6-7-8-9-11-16-14-15(10-4-2)12-13-17(16)18/h15-16H,3-14H2,1-2H3. The SMILES string of the molecule is CCCCCCCCC1CC(CCC)CCC1=O. The summed E-state index contributed by atoms with van der Waals surface area (Å²) in [5.41, 5.74) is 0. The number of hydrogen-bond acceptors (Lipinski definition) is 1. The summed E-state index contributed by atoms with van der Waals surface area (Å²) in [7, 11) is 0. The van der Waals surface area contributed by atoms with Gasteiger partial charge >= 0.3 is 0 Å². The van der Waals surface area contributed by atoms with Crippen molar-refractivity contribution in [1.82, 2.24) is 0 Å². The molecule has 0 aromatic heterocycles. The molecule has 0 radical (unpaired) electrons. The molecule has 1 rings (SSSR count). The molecule has 1 aliphatic rings. The van der Waals surface area contributed by atoms with Gasteiger partial charge in [0.15, 0.2) is 0 Å². The third-order valence-electron chi connectivity index (χ3n) is 4.48. The van der Waals surface area contributed by atoms with Gasteiger partial charge in [0, 0.05) is 12.3 Å². The van der Waals surface area contributed by atoms with E-state index in [9.17, 15) is 4.79 Å². The van der Waals surface area contributed by atoms with Gasteiger partial charge in [-0.3, -0.25) is 4.79 Å². The van der Waals surface area contributed by atoms with E-state index in [0.717, 1.165) is 12.3 Å². The molecule has 0 saturated heterocycles. The van der Waals surface area contributed by atoms with Crippen LogP contribution in [0.15, 0.2) is 0 Å². The van der Waals surface area contributed by atoms with Crippen molar-refractivity contribution in [1.29, 1.82) is 0 Å². The molecule has 0 spiro atoms. The van der Waals surface area contributed by atoms with Crippen LogP contribution in [0.2, 0.25) is 0 Å². The van der Waals surface area contributed by atoms with Crippen LogP contribution in [0.1, 0.15) is 90.9 Å². The van der Waals surface area contributed by atoms with E-state index < -0.39 is 0 Å². The van der Waals surface area contributed by atoms with Crippen molar-refractivity contribution in [3.05, 3.63) is 0 Å². The quantitative estimate of drug-likeness (QED) is 0.494. The molecule has 1 saturated carbocycles. The highest BCUT2D eigenvalue weighted by Gasteiger charge is 2.27. The van der Waals surface area contributed by atoms with E-state index in [2.05, 4.69) is 13.8 Å². The van der Waals surface area contributed by atoms with Crippen molar-refractivity contribution < 1.29 is 4.79 Å². The van der Waals surface area contributed by atoms with E-state index in [-0.39, 0.29) is 0 Å². The molecule has 18 heavy (non-hydrogen) atoms. The van der Waals surface area contributed by atoms with Crippen LogP contribution >= 0.6 is 0 Å². The molecule has 0 aromatic carbocycles. The lowest BCUT2D eigenvalue weighted by Crippen LogP contribution is -2.24. The van der Waals surface area contributed by atoms with Crippen LogP contribution < -0.4 is 0 Å². The Kier molecular flexibility index (Phi) is 8.37. The lowest BCUT2D eigenvalue weighted by atomic mass is 9.76. The Balaban J connectivity index is 2.12. The number of ketones is 1. The van der Waals surface area contributed by atoms with Crippen molar-refractivity contribution in [3.8, 4) is 0 Å². The van der Waals surface area contributed by atoms with Gasteiger partial charge in [-0.15, -0.1) is 0 Å². The molecular formula is C17H32O. The zero-order valence-corrected chi connectivity index (χ0v) is 12.5. The first-order valence-electron chi connectivity index (χ1n) is 8.30. The van der Waals surface area contributed by atoms with Gasteiger partial charge in [-0.05, 0) is 25.2 Å². The smallest absolute Gasteiger partial charge is 0.135 e. The summed E-state index contributed by atoms with van der Waals surface area (Å²) in [6.07, 6.45) is 15.1. The van der Waals surface area contributed by atoms with E-state index in [1.807, 2.05) is 0 Å². The van der Waals surface area contributed by atoms with E-state index in [1.165, 1.54) is 70.6 Å². The number of Topliss-reactive ketones (excluding diaryl/α,β-unsaturated/α-hetero) is 1. The fourth-order valence-corrected chi connectivity index (χ4v) is 3.32. The molecule has 0 amide bonds. The summed E-state index contributed by atoms with van der Waals surface area (Å²) in [6, 6.07) is 0. The van der Waals surface area contributed by atoms with Crippen molar-refractivity contribution in [3.63, 3.8) is 0 Å². The fourth-order valence-electron chi connectivity index (χ4n) is 3.32. The molecule has 1 nitrogen and oxygen atoms in total. The van der Waals surface area contributed by atoms with Crippen molar-refractivity contribution in [2.75, 3.05) is 0 Å². The highest BCUT2D eigenvalue weighted by molar-refractivity contribution is 5.81. The van der Waals surface area contributed by atoms with E-state index in [4.69, 9.17) is 0 Å². The van der Waals surface area contributed by atoms with Gasteiger partial charge in [0.1, 0.15) is 5.78 Å². The summed E-state index contributed by atoms with van der Waals surface area (Å²) < 4.78 is 0. The Bertz CT molecular complexity index is 222. The zero-order valence-electron chi connectivity index (χ0n) is 12.5. The lowest BCUT2D eigenvalue weighted by molar-refractivity contribution is -0.125. The summed E-state index contributed by atoms with van der Waals surface area (Å²) >= 11 is 0. The number of hydrogen-bond donors (Lipinski definition) is 0. The van der Waals surface area contributed by atoms with Crippen LogP contribution in [0.3, 0.4) is 0 Å². The van der Waals surface area contributed by atoms with Gasteiger partial charge in [0.2, 0.25) is 0 Å². The maximum atomic E-state index is 11.9. The molecule has 106 valence electrons. The van der Waals surface area contributed by atoms with Crippen LogP contribution in [-0.2, 0) is 4.79 Å². The summed E-state index contributed by atoms with van der Waals surface area (Å²) in [5, 5.41) is 0. The predicted octanol–water partition coefficient (Wildman–Crippen LogP) is 5.52. The van der Waals surface area contributed by atoms with E-state index >= 15 is 0 Å². The Morgan fingerprint density at radius 2 is 1.67 bits per heavy atom. The third-order valence-corrected chi connectivity index (χ3v) is 4.48. The van der Waals surface area contributed by atoms with Crippen LogP contribution in [0.5, 0.6) is 0 Å². The molecule has 0 bridgehead atoms. The van der Waals surface area contributed by atoms with Crippen molar-refractivity contribution in [2.45, 2.75) is 90.9 Å². The first-order valence-corrected chi connectivity index (χ1v) is 8.30. The first-order chi connectivity index (χ1) is 8.77. The zero-order chi connectivity index (χ0) is 13.2. The molecule has 2 unspecified atom stereocenters. The van der Waals surface area contributed by atoms with Crippen LogP contribution in [0.4, 0.5) is 0 Å². The Labute approximate surface area is 114 Å². The predicted molar refractivity (Wildman–Crippen MR) is 78.7 cm³/mol. The van der Waals surface area contributed by atoms with Crippen molar-refractivity contribution >= 4 is 5.78 Å². The van der Waals surface area contributed by atoms with Gasteiger partial charge in [-0.1, -0.05) is 65.2 Å². The number of unbranched alkanes of at least 4 members (excludes halogenated alkanes) is 5. The molecule has 2 atom stereocenters. The van der Waals surface area contributed by atoms with Crippen LogP contribution in [0.25, 0.3) is 0 Å². The normalized spacial score (nSPS) is 24.4. The monoisotopic (exact) mass is 252 g/mol. The first kappa shape index (κ1) is 15.7. The molecule has 1 aliphatic carbocycles. The minimum Gasteiger partial charge on any atom is -0.299 e. The van der Waals surface area contributed by atoms with E-state index in [1.54, 1.807) is 0 Å². The second-order valence-electron chi connectivity index (χ2n) is 6.15. The second-order valence-corrected chi connectivity index (χ2v) is 6.15. The van der Waals surface area contributed by atoms with Crippen molar-refractivity contribution in [2.24, 2.45) is 11.8 Å². The highest BCUT2D eigenvalue weighted by Crippen LogP contribution is 2.32. The number of rotatable bonds is 9. The Hall–Kier alpha value is -0.330. The summed E-state index contributed by atoms with van der Waals surface area (Å²) in [4.78, 5) is 11.9.